The van der Waals surface area contributed by atoms with Gasteiger partial charge in [0.1, 0.15) is 5.82 Å². The molecule has 1 aromatic carbocycles. The zero-order valence-corrected chi connectivity index (χ0v) is 11.1. The van der Waals surface area contributed by atoms with Crippen molar-refractivity contribution in [2.45, 2.75) is 34.6 Å². The molecule has 0 amide bonds. The first-order valence-electron chi connectivity index (χ1n) is 5.88. The second kappa shape index (κ2) is 4.28. The summed E-state index contributed by atoms with van der Waals surface area (Å²) in [6.07, 6.45) is 0. The fourth-order valence-electron chi connectivity index (χ4n) is 2.02. The first-order chi connectivity index (χ1) is 7.99. The summed E-state index contributed by atoms with van der Waals surface area (Å²) in [5, 5.41) is 0. The fraction of sp³-hybridized carbons (Fsp3) is 0.333. The van der Waals surface area contributed by atoms with Crippen LogP contribution in [0.15, 0.2) is 18.2 Å². The summed E-state index contributed by atoms with van der Waals surface area (Å²) in [4.78, 5) is 8.99. The van der Waals surface area contributed by atoms with Crippen LogP contribution in [0.2, 0.25) is 0 Å². The van der Waals surface area contributed by atoms with Gasteiger partial charge in [-0.25, -0.2) is 9.97 Å². The molecule has 0 bridgehead atoms. The van der Waals surface area contributed by atoms with Gasteiger partial charge in [-0.05, 0) is 51.8 Å². The van der Waals surface area contributed by atoms with Crippen LogP contribution in [0.25, 0.3) is 11.3 Å². The van der Waals surface area contributed by atoms with Crippen molar-refractivity contribution in [3.63, 3.8) is 0 Å². The smallest absolute Gasteiger partial charge is 0.126 e. The van der Waals surface area contributed by atoms with Crippen molar-refractivity contribution >= 4 is 0 Å². The average Bonchev–Trinajstić information content (AvgIpc) is 2.27. The summed E-state index contributed by atoms with van der Waals surface area (Å²) >= 11 is 0. The van der Waals surface area contributed by atoms with Crippen molar-refractivity contribution in [1.29, 1.82) is 0 Å². The van der Waals surface area contributed by atoms with Crippen LogP contribution in [0.3, 0.4) is 0 Å². The maximum absolute atomic E-state index is 4.59. The van der Waals surface area contributed by atoms with Gasteiger partial charge >= 0.3 is 0 Å². The number of hydrogen-bond donors (Lipinski definition) is 0. The molecule has 0 saturated carbocycles. The van der Waals surface area contributed by atoms with Crippen molar-refractivity contribution in [2.75, 3.05) is 0 Å². The number of benzene rings is 1. The van der Waals surface area contributed by atoms with Gasteiger partial charge in [-0.1, -0.05) is 17.7 Å². The third-order valence-electron chi connectivity index (χ3n) is 3.15. The Balaban J connectivity index is 2.72. The molecule has 88 valence electrons. The first-order valence-corrected chi connectivity index (χ1v) is 5.88. The molecule has 0 aliphatic carbocycles. The lowest BCUT2D eigenvalue weighted by molar-refractivity contribution is 0.990. The molecule has 0 aliphatic rings. The molecule has 0 radical (unpaired) electrons. The van der Waals surface area contributed by atoms with Crippen molar-refractivity contribution < 1.29 is 0 Å². The number of hydrogen-bond acceptors (Lipinski definition) is 2. The normalized spacial score (nSPS) is 10.6. The number of nitrogens with zero attached hydrogens (tertiary/aromatic N) is 2. The fourth-order valence-corrected chi connectivity index (χ4v) is 2.02. The van der Waals surface area contributed by atoms with Gasteiger partial charge in [0.15, 0.2) is 0 Å². The molecule has 0 N–H and O–H groups in total. The van der Waals surface area contributed by atoms with Crippen LogP contribution in [0.1, 0.15) is 28.2 Å². The Morgan fingerprint density at radius 2 is 1.59 bits per heavy atom. The molecular weight excluding hydrogens is 208 g/mol. The van der Waals surface area contributed by atoms with Gasteiger partial charge in [-0.3, -0.25) is 0 Å². The van der Waals surface area contributed by atoms with E-state index in [9.17, 15) is 0 Å². The van der Waals surface area contributed by atoms with E-state index in [0.29, 0.717) is 0 Å². The predicted molar refractivity (Wildman–Crippen MR) is 71.2 cm³/mol. The van der Waals surface area contributed by atoms with Crippen LogP contribution in [0.5, 0.6) is 0 Å². The Morgan fingerprint density at radius 1 is 0.882 bits per heavy atom. The van der Waals surface area contributed by atoms with E-state index in [0.717, 1.165) is 17.2 Å². The molecule has 1 aromatic heterocycles. The minimum absolute atomic E-state index is 0.837. The van der Waals surface area contributed by atoms with E-state index in [-0.39, 0.29) is 0 Å². The second-order valence-electron chi connectivity index (χ2n) is 4.65. The molecule has 0 spiro atoms. The molecule has 17 heavy (non-hydrogen) atoms. The zero-order chi connectivity index (χ0) is 12.6. The monoisotopic (exact) mass is 226 g/mol. The molecule has 0 fully saturated rings. The van der Waals surface area contributed by atoms with Crippen molar-refractivity contribution in [3.05, 3.63) is 46.4 Å². The Kier molecular flexibility index (Phi) is 2.97. The standard InChI is InChI=1S/C15H18N2/c1-9-6-7-10(2)14(8-9)15-11(3)12(4)16-13(5)17-15/h6-8H,1-5H3. The van der Waals surface area contributed by atoms with Crippen molar-refractivity contribution in [1.82, 2.24) is 9.97 Å². The van der Waals surface area contributed by atoms with Crippen LogP contribution in [-0.2, 0) is 0 Å². The van der Waals surface area contributed by atoms with E-state index in [1.807, 2.05) is 13.8 Å². The Morgan fingerprint density at radius 3 is 2.29 bits per heavy atom. The molecule has 0 unspecified atom stereocenters. The molecule has 2 heteroatoms. The number of aromatic nitrogens is 2. The number of rotatable bonds is 1. The molecule has 2 rings (SSSR count). The number of aryl methyl sites for hydroxylation is 4. The summed E-state index contributed by atoms with van der Waals surface area (Å²) in [7, 11) is 0. The van der Waals surface area contributed by atoms with Gasteiger partial charge < -0.3 is 0 Å². The van der Waals surface area contributed by atoms with Gasteiger partial charge in [0.2, 0.25) is 0 Å². The molecule has 0 aliphatic heterocycles. The van der Waals surface area contributed by atoms with Crippen LogP contribution < -0.4 is 0 Å². The zero-order valence-electron chi connectivity index (χ0n) is 11.1. The van der Waals surface area contributed by atoms with Gasteiger partial charge in [-0.15, -0.1) is 0 Å². The molecular formula is C15H18N2. The lowest BCUT2D eigenvalue weighted by atomic mass is 9.99. The Labute approximate surface area is 103 Å². The molecule has 1 heterocycles. The topological polar surface area (TPSA) is 25.8 Å². The van der Waals surface area contributed by atoms with E-state index in [4.69, 9.17) is 0 Å². The summed E-state index contributed by atoms with van der Waals surface area (Å²) < 4.78 is 0. The predicted octanol–water partition coefficient (Wildman–Crippen LogP) is 3.69. The van der Waals surface area contributed by atoms with E-state index < -0.39 is 0 Å². The largest absolute Gasteiger partial charge is 0.238 e. The highest BCUT2D eigenvalue weighted by atomic mass is 14.9. The van der Waals surface area contributed by atoms with E-state index >= 15 is 0 Å². The van der Waals surface area contributed by atoms with Gasteiger partial charge in [0, 0.05) is 11.3 Å². The SMILES string of the molecule is Cc1ccc(C)c(-c2nc(C)nc(C)c2C)c1. The molecule has 0 atom stereocenters. The van der Waals surface area contributed by atoms with Gasteiger partial charge in [0.05, 0.1) is 5.69 Å². The highest BCUT2D eigenvalue weighted by molar-refractivity contribution is 5.67. The highest BCUT2D eigenvalue weighted by Crippen LogP contribution is 2.26. The summed E-state index contributed by atoms with van der Waals surface area (Å²) in [6.45, 7) is 10.3. The summed E-state index contributed by atoms with van der Waals surface area (Å²) in [6, 6.07) is 6.48. The van der Waals surface area contributed by atoms with Crippen LogP contribution >= 0.6 is 0 Å². The minimum atomic E-state index is 0.837. The van der Waals surface area contributed by atoms with Gasteiger partial charge in [-0.2, -0.15) is 0 Å². The third kappa shape index (κ3) is 2.21. The van der Waals surface area contributed by atoms with Crippen LogP contribution in [0, 0.1) is 34.6 Å². The molecule has 0 saturated heterocycles. The van der Waals surface area contributed by atoms with Crippen molar-refractivity contribution in [2.24, 2.45) is 0 Å². The van der Waals surface area contributed by atoms with E-state index in [1.54, 1.807) is 0 Å². The Hall–Kier alpha value is -1.70. The maximum atomic E-state index is 4.59. The van der Waals surface area contributed by atoms with Crippen molar-refractivity contribution in [3.8, 4) is 11.3 Å². The summed E-state index contributed by atoms with van der Waals surface area (Å²) in [5.74, 6) is 0.837. The lowest BCUT2D eigenvalue weighted by Crippen LogP contribution is -2.00. The highest BCUT2D eigenvalue weighted by Gasteiger charge is 2.10. The molecule has 2 aromatic rings. The van der Waals surface area contributed by atoms with E-state index in [1.165, 1.54) is 22.3 Å². The van der Waals surface area contributed by atoms with E-state index in [2.05, 4.69) is 48.9 Å². The van der Waals surface area contributed by atoms with Crippen LogP contribution in [0.4, 0.5) is 0 Å². The molecule has 2 nitrogen and oxygen atoms in total. The first kappa shape index (κ1) is 11.8. The second-order valence-corrected chi connectivity index (χ2v) is 4.65. The summed E-state index contributed by atoms with van der Waals surface area (Å²) in [5.41, 5.74) is 7.04. The van der Waals surface area contributed by atoms with Crippen LogP contribution in [-0.4, -0.2) is 9.97 Å². The quantitative estimate of drug-likeness (QED) is 0.741. The maximum Gasteiger partial charge on any atom is 0.126 e. The van der Waals surface area contributed by atoms with Gasteiger partial charge in [0.25, 0.3) is 0 Å². The lowest BCUT2D eigenvalue weighted by Gasteiger charge is -2.11. The average molecular weight is 226 g/mol. The minimum Gasteiger partial charge on any atom is -0.238 e. The Bertz CT molecular complexity index is 571. The third-order valence-corrected chi connectivity index (χ3v) is 3.15.